The Kier molecular flexibility index (Phi) is 4.76. The molecular formula is C16H13Br2FO. The molecule has 20 heavy (non-hydrogen) atoms. The summed E-state index contributed by atoms with van der Waals surface area (Å²) in [7, 11) is 0. The van der Waals surface area contributed by atoms with Gasteiger partial charge in [0.05, 0.1) is 0 Å². The fourth-order valence-corrected chi connectivity index (χ4v) is 2.77. The largest absolute Gasteiger partial charge is 0.294 e. The van der Waals surface area contributed by atoms with Gasteiger partial charge in [0.1, 0.15) is 5.82 Å². The molecule has 0 aliphatic heterocycles. The number of halogens is 3. The molecule has 2 rings (SSSR count). The summed E-state index contributed by atoms with van der Waals surface area (Å²) in [6.45, 7) is 3.92. The minimum atomic E-state index is -0.316. The van der Waals surface area contributed by atoms with Crippen LogP contribution in [0, 0.1) is 19.7 Å². The lowest BCUT2D eigenvalue weighted by molar-refractivity contribution is 0.0992. The minimum absolute atomic E-state index is 0.0241. The quantitative estimate of drug-likeness (QED) is 0.632. The lowest BCUT2D eigenvalue weighted by Crippen LogP contribution is -2.05. The van der Waals surface area contributed by atoms with Gasteiger partial charge in [-0.2, -0.15) is 0 Å². The molecule has 0 radical (unpaired) electrons. The molecule has 0 aliphatic rings. The molecule has 0 aliphatic carbocycles. The fourth-order valence-electron chi connectivity index (χ4n) is 2.05. The van der Waals surface area contributed by atoms with Crippen LogP contribution in [0.25, 0.3) is 0 Å². The third-order valence-corrected chi connectivity index (χ3v) is 5.11. The van der Waals surface area contributed by atoms with Crippen LogP contribution < -0.4 is 0 Å². The summed E-state index contributed by atoms with van der Waals surface area (Å²) in [4.78, 5) is 12.3. The summed E-state index contributed by atoms with van der Waals surface area (Å²) in [5.41, 5.74) is 3.53. The number of hydrogen-bond acceptors (Lipinski definition) is 1. The highest BCUT2D eigenvalue weighted by Crippen LogP contribution is 2.24. The van der Waals surface area contributed by atoms with E-state index in [1.165, 1.54) is 12.1 Å². The molecule has 0 bridgehead atoms. The molecule has 4 heteroatoms. The summed E-state index contributed by atoms with van der Waals surface area (Å²) >= 11 is 6.78. The molecule has 0 fully saturated rings. The van der Waals surface area contributed by atoms with E-state index in [-0.39, 0.29) is 18.0 Å². The molecule has 0 atom stereocenters. The Balaban J connectivity index is 2.28. The predicted molar refractivity (Wildman–Crippen MR) is 85.8 cm³/mol. The number of carbonyl (C=O) groups is 1. The van der Waals surface area contributed by atoms with Crippen LogP contribution in [0.3, 0.4) is 0 Å². The number of hydrogen-bond donors (Lipinski definition) is 0. The molecule has 0 unspecified atom stereocenters. The van der Waals surface area contributed by atoms with E-state index in [1.807, 2.05) is 26.0 Å². The lowest BCUT2D eigenvalue weighted by atomic mass is 9.99. The van der Waals surface area contributed by atoms with Crippen LogP contribution in [0.5, 0.6) is 0 Å². The molecule has 0 spiro atoms. The average Bonchev–Trinajstić information content (AvgIpc) is 2.38. The van der Waals surface area contributed by atoms with E-state index in [2.05, 4.69) is 31.9 Å². The number of aryl methyl sites for hydroxylation is 2. The van der Waals surface area contributed by atoms with Crippen LogP contribution >= 0.6 is 31.9 Å². The van der Waals surface area contributed by atoms with Crippen molar-refractivity contribution in [3.05, 3.63) is 67.3 Å². The van der Waals surface area contributed by atoms with E-state index in [9.17, 15) is 9.18 Å². The summed E-state index contributed by atoms with van der Waals surface area (Å²) in [6.07, 6.45) is 0.251. The monoisotopic (exact) mass is 398 g/mol. The topological polar surface area (TPSA) is 17.1 Å². The molecule has 2 aromatic rings. The molecular weight excluding hydrogens is 387 g/mol. The Hall–Kier alpha value is -1.000. The van der Waals surface area contributed by atoms with E-state index < -0.39 is 0 Å². The first-order valence-corrected chi connectivity index (χ1v) is 7.71. The van der Waals surface area contributed by atoms with Crippen LogP contribution in [0.15, 0.2) is 39.3 Å². The van der Waals surface area contributed by atoms with Gasteiger partial charge >= 0.3 is 0 Å². The van der Waals surface area contributed by atoms with Gasteiger partial charge in [0, 0.05) is 20.9 Å². The fraction of sp³-hybridized carbons (Fsp3) is 0.188. The molecule has 1 nitrogen and oxygen atoms in total. The first-order chi connectivity index (χ1) is 9.38. The predicted octanol–water partition coefficient (Wildman–Crippen LogP) is 5.39. The summed E-state index contributed by atoms with van der Waals surface area (Å²) in [5.74, 6) is -0.292. The zero-order chi connectivity index (χ0) is 14.9. The van der Waals surface area contributed by atoms with Crippen molar-refractivity contribution in [2.75, 3.05) is 0 Å². The number of rotatable bonds is 3. The van der Waals surface area contributed by atoms with Gasteiger partial charge in [-0.1, -0.05) is 37.9 Å². The maximum atomic E-state index is 13.0. The van der Waals surface area contributed by atoms with Crippen molar-refractivity contribution in [1.82, 2.24) is 0 Å². The zero-order valence-corrected chi connectivity index (χ0v) is 14.3. The Morgan fingerprint density at radius 2 is 1.70 bits per heavy atom. The standard InChI is InChI=1S/C16H13Br2FO/c1-9-5-12(6-10(2)16(9)18)15(20)7-11-3-4-13(19)8-14(11)17/h3-6,8H,7H2,1-2H3. The minimum Gasteiger partial charge on any atom is -0.294 e. The first kappa shape index (κ1) is 15.4. The highest BCUT2D eigenvalue weighted by Gasteiger charge is 2.12. The van der Waals surface area contributed by atoms with Gasteiger partial charge in [-0.05, 0) is 54.8 Å². The number of Topliss-reactive ketones (excluding diaryl/α,β-unsaturated/α-hetero) is 1. The number of carbonyl (C=O) groups excluding carboxylic acids is 1. The van der Waals surface area contributed by atoms with Gasteiger partial charge < -0.3 is 0 Å². The molecule has 0 saturated heterocycles. The van der Waals surface area contributed by atoms with Gasteiger partial charge in [-0.3, -0.25) is 4.79 Å². The lowest BCUT2D eigenvalue weighted by Gasteiger charge is -2.08. The Morgan fingerprint density at radius 1 is 1.10 bits per heavy atom. The second kappa shape index (κ2) is 6.19. The maximum Gasteiger partial charge on any atom is 0.167 e. The molecule has 0 aromatic heterocycles. The Morgan fingerprint density at radius 3 is 2.25 bits per heavy atom. The van der Waals surface area contributed by atoms with Crippen LogP contribution in [0.4, 0.5) is 4.39 Å². The molecule has 0 N–H and O–H groups in total. The zero-order valence-electron chi connectivity index (χ0n) is 11.1. The van der Waals surface area contributed by atoms with Crippen molar-refractivity contribution >= 4 is 37.6 Å². The maximum absolute atomic E-state index is 13.0. The number of benzene rings is 2. The van der Waals surface area contributed by atoms with Gasteiger partial charge in [0.25, 0.3) is 0 Å². The van der Waals surface area contributed by atoms with Crippen molar-refractivity contribution in [2.24, 2.45) is 0 Å². The summed E-state index contributed by atoms with van der Waals surface area (Å²) in [6, 6.07) is 8.12. The smallest absolute Gasteiger partial charge is 0.167 e. The van der Waals surface area contributed by atoms with Gasteiger partial charge in [-0.25, -0.2) is 4.39 Å². The molecule has 104 valence electrons. The third-order valence-electron chi connectivity index (χ3n) is 3.12. The highest BCUT2D eigenvalue weighted by atomic mass is 79.9. The normalized spacial score (nSPS) is 10.7. The van der Waals surface area contributed by atoms with E-state index in [0.717, 1.165) is 21.2 Å². The number of ketones is 1. The van der Waals surface area contributed by atoms with E-state index in [1.54, 1.807) is 6.07 Å². The van der Waals surface area contributed by atoms with Gasteiger partial charge in [-0.15, -0.1) is 0 Å². The summed E-state index contributed by atoms with van der Waals surface area (Å²) in [5, 5.41) is 0. The molecule has 0 amide bonds. The highest BCUT2D eigenvalue weighted by molar-refractivity contribution is 9.10. The van der Waals surface area contributed by atoms with Crippen LogP contribution in [0.2, 0.25) is 0 Å². The van der Waals surface area contributed by atoms with Crippen molar-refractivity contribution < 1.29 is 9.18 Å². The summed E-state index contributed by atoms with van der Waals surface area (Å²) < 4.78 is 14.7. The van der Waals surface area contributed by atoms with E-state index in [4.69, 9.17) is 0 Å². The van der Waals surface area contributed by atoms with Crippen LogP contribution in [-0.2, 0) is 6.42 Å². The third kappa shape index (κ3) is 3.36. The van der Waals surface area contributed by atoms with Crippen molar-refractivity contribution in [3.63, 3.8) is 0 Å². The molecule has 0 heterocycles. The van der Waals surface area contributed by atoms with Crippen molar-refractivity contribution in [2.45, 2.75) is 20.3 Å². The average molecular weight is 400 g/mol. The van der Waals surface area contributed by atoms with Crippen molar-refractivity contribution in [1.29, 1.82) is 0 Å². The SMILES string of the molecule is Cc1cc(C(=O)Cc2ccc(F)cc2Br)cc(C)c1Br. The molecule has 2 aromatic carbocycles. The Labute approximate surface area is 134 Å². The van der Waals surface area contributed by atoms with Gasteiger partial charge in [0.15, 0.2) is 5.78 Å². The second-order valence-corrected chi connectivity index (χ2v) is 6.41. The van der Waals surface area contributed by atoms with Gasteiger partial charge in [0.2, 0.25) is 0 Å². The Bertz CT molecular complexity index is 657. The first-order valence-electron chi connectivity index (χ1n) is 6.12. The van der Waals surface area contributed by atoms with E-state index >= 15 is 0 Å². The molecule has 0 saturated carbocycles. The van der Waals surface area contributed by atoms with E-state index in [0.29, 0.717) is 10.0 Å². The van der Waals surface area contributed by atoms with Crippen molar-refractivity contribution in [3.8, 4) is 0 Å². The van der Waals surface area contributed by atoms with Crippen LogP contribution in [-0.4, -0.2) is 5.78 Å². The van der Waals surface area contributed by atoms with Crippen LogP contribution in [0.1, 0.15) is 27.0 Å². The second-order valence-electron chi connectivity index (χ2n) is 4.76.